The van der Waals surface area contributed by atoms with E-state index in [0.29, 0.717) is 16.0 Å². The number of thiophene rings is 1. The molecule has 0 spiro atoms. The van der Waals surface area contributed by atoms with Gasteiger partial charge in [-0.25, -0.2) is 38.4 Å². The van der Waals surface area contributed by atoms with Crippen LogP contribution >= 0.6 is 11.3 Å². The number of rotatable bonds is 9. The highest BCUT2D eigenvalue weighted by molar-refractivity contribution is 7.22. The van der Waals surface area contributed by atoms with Crippen LogP contribution in [0, 0.1) is 11.6 Å². The van der Waals surface area contributed by atoms with Crippen molar-refractivity contribution in [3.63, 3.8) is 0 Å². The number of carbonyl (C=O) groups is 1. The van der Waals surface area contributed by atoms with E-state index in [0.717, 1.165) is 28.0 Å². The molecule has 228 valence electrons. The summed E-state index contributed by atoms with van der Waals surface area (Å²) in [6.45, 7) is -0.192. The molecule has 4 heterocycles. The van der Waals surface area contributed by atoms with E-state index in [2.05, 4.69) is 25.6 Å². The minimum Gasteiger partial charge on any atom is -0.481 e. The monoisotopic (exact) mass is 623 g/mol. The van der Waals surface area contributed by atoms with Crippen molar-refractivity contribution in [2.24, 2.45) is 0 Å². The van der Waals surface area contributed by atoms with E-state index < -0.39 is 35.5 Å². The molecule has 0 saturated carbocycles. The molecule has 0 unspecified atom stereocenters. The highest BCUT2D eigenvalue weighted by Crippen LogP contribution is 2.38. The topological polar surface area (TPSA) is 133 Å². The fourth-order valence-electron chi connectivity index (χ4n) is 4.64. The minimum absolute atomic E-state index is 0.153. The van der Waals surface area contributed by atoms with Gasteiger partial charge in [0.2, 0.25) is 5.88 Å². The van der Waals surface area contributed by atoms with E-state index in [1.165, 1.54) is 49.4 Å². The van der Waals surface area contributed by atoms with Crippen molar-refractivity contribution in [2.45, 2.75) is 13.1 Å². The number of nitrogens with zero attached hydrogens (tertiary/aromatic N) is 5. The Labute approximate surface area is 253 Å². The molecule has 0 fully saturated rings. The van der Waals surface area contributed by atoms with Gasteiger partial charge in [-0.2, -0.15) is 0 Å². The Balaban J connectivity index is 1.79. The number of methoxy groups -OCH3 is 1. The first-order valence-electron chi connectivity index (χ1n) is 13.1. The van der Waals surface area contributed by atoms with Crippen LogP contribution in [0.25, 0.3) is 26.3 Å². The maximum Gasteiger partial charge on any atom is 0.344 e. The molecule has 0 bridgehead atoms. The average molecular weight is 624 g/mol. The van der Waals surface area contributed by atoms with Crippen molar-refractivity contribution in [1.82, 2.24) is 29.5 Å². The van der Waals surface area contributed by atoms with Crippen molar-refractivity contribution >= 4 is 33.4 Å². The zero-order valence-corrected chi connectivity index (χ0v) is 24.9. The summed E-state index contributed by atoms with van der Waals surface area (Å²) < 4.78 is 36.9. The number of hydroxylamine groups is 1. The van der Waals surface area contributed by atoms with Crippen LogP contribution in [0.3, 0.4) is 0 Å². The fraction of sp³-hybridized carbons (Fsp3) is 0.207. The third kappa shape index (κ3) is 5.92. The Kier molecular flexibility index (Phi) is 8.80. The van der Waals surface area contributed by atoms with Gasteiger partial charge in [0.1, 0.15) is 22.3 Å². The summed E-state index contributed by atoms with van der Waals surface area (Å²) in [4.78, 5) is 55.7. The summed E-state index contributed by atoms with van der Waals surface area (Å²) in [6, 6.07) is 9.09. The number of fused-ring (bicyclic) bond motifs is 1. The normalized spacial score (nSPS) is 11.2. The van der Waals surface area contributed by atoms with E-state index in [1.54, 1.807) is 12.1 Å². The zero-order valence-electron chi connectivity index (χ0n) is 24.1. The quantitative estimate of drug-likeness (QED) is 0.237. The van der Waals surface area contributed by atoms with Gasteiger partial charge in [-0.1, -0.05) is 6.07 Å². The summed E-state index contributed by atoms with van der Waals surface area (Å²) in [5, 5.41) is 2.72. The number of pyridine rings is 2. The molecule has 0 aliphatic heterocycles. The summed E-state index contributed by atoms with van der Waals surface area (Å²) in [5.74, 6) is -1.15. The van der Waals surface area contributed by atoms with E-state index in [-0.39, 0.29) is 39.7 Å². The highest BCUT2D eigenvalue weighted by Gasteiger charge is 2.25. The van der Waals surface area contributed by atoms with Crippen molar-refractivity contribution in [3.8, 4) is 22.0 Å². The Bertz CT molecular complexity index is 1940. The molecule has 12 nitrogen and oxygen atoms in total. The van der Waals surface area contributed by atoms with Gasteiger partial charge in [0.25, 0.3) is 5.56 Å². The van der Waals surface area contributed by atoms with Crippen molar-refractivity contribution in [2.75, 3.05) is 33.6 Å². The SMILES string of the molecule is CONC(=O)Nc1ccc(-c2sc3c(c2CN(C)C)c(=O)n(-c2ccc(OC)nc2)c(=O)n3Cc2c(F)cccc2F)cn1. The molecule has 5 aromatic rings. The third-order valence-corrected chi connectivity index (χ3v) is 7.88. The van der Waals surface area contributed by atoms with Crippen molar-refractivity contribution in [3.05, 3.63) is 98.5 Å². The van der Waals surface area contributed by atoms with Crippen molar-refractivity contribution in [1.29, 1.82) is 0 Å². The molecule has 0 aliphatic rings. The van der Waals surface area contributed by atoms with Gasteiger partial charge in [-0.3, -0.25) is 19.5 Å². The lowest BCUT2D eigenvalue weighted by molar-refractivity contribution is 0.114. The molecule has 44 heavy (non-hydrogen) atoms. The van der Waals surface area contributed by atoms with E-state index in [9.17, 15) is 23.2 Å². The van der Waals surface area contributed by atoms with Gasteiger partial charge in [-0.05, 0) is 50.0 Å². The van der Waals surface area contributed by atoms with Crippen LogP contribution in [0.1, 0.15) is 11.1 Å². The van der Waals surface area contributed by atoms with Crippen LogP contribution < -0.4 is 26.8 Å². The molecule has 0 atom stereocenters. The maximum atomic E-state index is 14.9. The Morgan fingerprint density at radius 1 is 1.00 bits per heavy atom. The van der Waals surface area contributed by atoms with Gasteiger partial charge in [0, 0.05) is 34.8 Å². The molecule has 15 heteroatoms. The highest BCUT2D eigenvalue weighted by atomic mass is 32.1. The molecule has 0 aliphatic carbocycles. The Morgan fingerprint density at radius 3 is 2.34 bits per heavy atom. The summed E-state index contributed by atoms with van der Waals surface area (Å²) >= 11 is 1.13. The molecule has 2 amide bonds. The lowest BCUT2D eigenvalue weighted by Gasteiger charge is -2.15. The second-order valence-corrected chi connectivity index (χ2v) is 10.8. The number of ether oxygens (including phenoxy) is 1. The number of urea groups is 1. The van der Waals surface area contributed by atoms with Crippen molar-refractivity contribution < 1.29 is 23.1 Å². The standard InChI is InChI=1S/C29H27F2N7O5S/c1-36(2)14-19-24-26(39)38(17-9-11-23(42-3)33-13-17)29(41)37(15-18-20(30)6-5-7-21(18)31)27(24)44-25(19)16-8-10-22(32-12-16)34-28(40)35-43-4/h5-13H,14-15H2,1-4H3,(H2,32,34,35,40). The lowest BCUT2D eigenvalue weighted by atomic mass is 10.1. The molecular weight excluding hydrogens is 596 g/mol. The number of aromatic nitrogens is 4. The molecule has 0 saturated heterocycles. The smallest absolute Gasteiger partial charge is 0.344 e. The molecule has 1 aromatic carbocycles. The van der Waals surface area contributed by atoms with E-state index >= 15 is 0 Å². The molecule has 2 N–H and O–H groups in total. The number of amides is 2. The van der Waals surface area contributed by atoms with Gasteiger partial charge in [0.05, 0.1) is 38.0 Å². The number of hydrogen-bond donors (Lipinski definition) is 2. The first-order valence-corrected chi connectivity index (χ1v) is 13.9. The maximum absolute atomic E-state index is 14.9. The summed E-state index contributed by atoms with van der Waals surface area (Å²) in [5.41, 5.74) is 1.70. The molecular formula is C29H27F2N7O5S. The number of nitrogens with one attached hydrogen (secondary N) is 2. The second kappa shape index (κ2) is 12.7. The predicted molar refractivity (Wildman–Crippen MR) is 161 cm³/mol. The number of halogens is 2. The van der Waals surface area contributed by atoms with Crippen LogP contribution in [0.15, 0.2) is 64.4 Å². The van der Waals surface area contributed by atoms with E-state index in [1.807, 2.05) is 19.0 Å². The number of hydrogen-bond acceptors (Lipinski definition) is 9. The first-order chi connectivity index (χ1) is 21.1. The number of anilines is 1. The Morgan fingerprint density at radius 2 is 1.75 bits per heavy atom. The van der Waals surface area contributed by atoms with Crippen LogP contribution in [-0.2, 0) is 17.9 Å². The lowest BCUT2D eigenvalue weighted by Crippen LogP contribution is -2.39. The zero-order chi connectivity index (χ0) is 31.5. The van der Waals surface area contributed by atoms with Crippen LogP contribution in [0.2, 0.25) is 0 Å². The average Bonchev–Trinajstić information content (AvgIpc) is 3.36. The second-order valence-electron chi connectivity index (χ2n) is 9.79. The molecule has 0 radical (unpaired) electrons. The molecule has 4 aromatic heterocycles. The van der Waals surface area contributed by atoms with Crippen LogP contribution in [0.4, 0.5) is 19.4 Å². The summed E-state index contributed by atoms with van der Waals surface area (Å²) in [6.07, 6.45) is 2.83. The van der Waals surface area contributed by atoms with Gasteiger partial charge >= 0.3 is 11.7 Å². The first kappa shape index (κ1) is 30.5. The summed E-state index contributed by atoms with van der Waals surface area (Å²) in [7, 11) is 6.37. The minimum atomic E-state index is -0.830. The number of benzene rings is 1. The van der Waals surface area contributed by atoms with E-state index in [4.69, 9.17) is 4.74 Å². The molecule has 5 rings (SSSR count). The van der Waals surface area contributed by atoms with Gasteiger partial charge in [0.15, 0.2) is 0 Å². The Hall–Kier alpha value is -4.99. The number of carbonyl (C=O) groups excluding carboxylic acids is 1. The largest absolute Gasteiger partial charge is 0.481 e. The van der Waals surface area contributed by atoms with Crippen LogP contribution in [-0.4, -0.2) is 58.3 Å². The fourth-order valence-corrected chi connectivity index (χ4v) is 5.93. The van der Waals surface area contributed by atoms with Crippen LogP contribution in [0.5, 0.6) is 5.88 Å². The third-order valence-electron chi connectivity index (χ3n) is 6.58. The van der Waals surface area contributed by atoms with Gasteiger partial charge < -0.3 is 9.64 Å². The predicted octanol–water partition coefficient (Wildman–Crippen LogP) is 3.75. The van der Waals surface area contributed by atoms with Gasteiger partial charge in [-0.15, -0.1) is 11.3 Å².